The lowest BCUT2D eigenvalue weighted by molar-refractivity contribution is -0.139. The molecule has 0 radical (unpaired) electrons. The van der Waals surface area contributed by atoms with E-state index < -0.39 is 17.4 Å². The Morgan fingerprint density at radius 2 is 1.68 bits per heavy atom. The second-order valence-corrected chi connectivity index (χ2v) is 13.6. The average molecular weight is 685 g/mol. The van der Waals surface area contributed by atoms with Crippen LogP contribution in [0.3, 0.4) is 0 Å². The van der Waals surface area contributed by atoms with Gasteiger partial charge in [0.1, 0.15) is 0 Å². The van der Waals surface area contributed by atoms with Crippen LogP contribution in [0.1, 0.15) is 55.8 Å². The van der Waals surface area contributed by atoms with Crippen molar-refractivity contribution in [2.45, 2.75) is 64.1 Å². The van der Waals surface area contributed by atoms with Gasteiger partial charge in [-0.2, -0.15) is 0 Å². The van der Waals surface area contributed by atoms with Crippen LogP contribution in [0.15, 0.2) is 60.8 Å². The van der Waals surface area contributed by atoms with Crippen molar-refractivity contribution < 1.29 is 24.6 Å². The number of amides is 3. The van der Waals surface area contributed by atoms with Crippen LogP contribution >= 0.6 is 0 Å². The maximum absolute atomic E-state index is 14.3. The molecule has 0 saturated carbocycles. The molecule has 13 heteroatoms. The summed E-state index contributed by atoms with van der Waals surface area (Å²) in [5.41, 5.74) is 1.92. The lowest BCUT2D eigenvalue weighted by Gasteiger charge is -2.28. The van der Waals surface area contributed by atoms with Gasteiger partial charge in [0.25, 0.3) is 5.91 Å². The van der Waals surface area contributed by atoms with Gasteiger partial charge in [-0.05, 0) is 81.1 Å². The first-order valence-corrected chi connectivity index (χ1v) is 17.7. The van der Waals surface area contributed by atoms with Crippen LogP contribution in [0.25, 0.3) is 0 Å². The molecule has 2 saturated heterocycles. The summed E-state index contributed by atoms with van der Waals surface area (Å²) >= 11 is 0. The van der Waals surface area contributed by atoms with Gasteiger partial charge in [0.15, 0.2) is 5.60 Å². The van der Waals surface area contributed by atoms with Gasteiger partial charge < -0.3 is 36.4 Å². The average Bonchev–Trinajstić information content (AvgIpc) is 3.68. The number of aliphatic hydroxyl groups excluding tert-OH is 1. The van der Waals surface area contributed by atoms with Gasteiger partial charge in [0.2, 0.25) is 11.8 Å². The number of anilines is 3. The monoisotopic (exact) mass is 684 g/mol. The van der Waals surface area contributed by atoms with Crippen molar-refractivity contribution in [3.63, 3.8) is 0 Å². The quantitative estimate of drug-likeness (QED) is 0.148. The van der Waals surface area contributed by atoms with Gasteiger partial charge in [-0.15, -0.1) is 5.10 Å². The van der Waals surface area contributed by atoms with E-state index in [2.05, 4.69) is 31.6 Å². The fourth-order valence-electron chi connectivity index (χ4n) is 7.02. The second-order valence-electron chi connectivity index (χ2n) is 13.6. The Morgan fingerprint density at radius 1 is 1.02 bits per heavy atom. The van der Waals surface area contributed by atoms with Gasteiger partial charge in [-0.1, -0.05) is 36.4 Å². The summed E-state index contributed by atoms with van der Waals surface area (Å²) in [5.74, 6) is -1.34. The molecule has 2 fully saturated rings. The summed E-state index contributed by atoms with van der Waals surface area (Å²) in [6, 6.07) is 12.7. The van der Waals surface area contributed by atoms with Crippen molar-refractivity contribution in [3.05, 3.63) is 77.6 Å². The van der Waals surface area contributed by atoms with Gasteiger partial charge in [0, 0.05) is 61.7 Å². The Labute approximate surface area is 292 Å². The van der Waals surface area contributed by atoms with Gasteiger partial charge in [0.05, 0.1) is 29.8 Å². The molecule has 6 N–H and O–H groups in total. The molecule has 4 heterocycles. The number of nitrogens with one attached hydrogen (secondary N) is 4. The number of carbonyl (C=O) groups is 3. The zero-order chi connectivity index (χ0) is 35.1. The summed E-state index contributed by atoms with van der Waals surface area (Å²) in [6.45, 7) is 5.72. The van der Waals surface area contributed by atoms with E-state index in [0.29, 0.717) is 60.8 Å². The minimum absolute atomic E-state index is 0.00362. The minimum Gasteiger partial charge on any atom is -0.396 e. The predicted molar refractivity (Wildman–Crippen MR) is 190 cm³/mol. The van der Waals surface area contributed by atoms with E-state index in [4.69, 9.17) is 5.11 Å². The second kappa shape index (κ2) is 16.1. The molecule has 1 aromatic heterocycles. The van der Waals surface area contributed by atoms with Crippen molar-refractivity contribution in [2.24, 2.45) is 17.8 Å². The number of aryl methyl sites for hydroxylation is 1. The third-order valence-electron chi connectivity index (χ3n) is 10.00. The number of hydrogen-bond acceptors (Lipinski definition) is 9. The van der Waals surface area contributed by atoms with Crippen LogP contribution in [0.2, 0.25) is 0 Å². The largest absolute Gasteiger partial charge is 0.396 e. The molecule has 3 aliphatic rings. The van der Waals surface area contributed by atoms with E-state index in [-0.39, 0.29) is 36.8 Å². The minimum atomic E-state index is -1.87. The van der Waals surface area contributed by atoms with Crippen LogP contribution in [0.4, 0.5) is 17.1 Å². The molecule has 0 spiro atoms. The van der Waals surface area contributed by atoms with Crippen LogP contribution in [-0.2, 0) is 39.5 Å². The highest BCUT2D eigenvalue weighted by molar-refractivity contribution is 6.08. The van der Waals surface area contributed by atoms with Crippen LogP contribution in [0.5, 0.6) is 0 Å². The highest BCUT2D eigenvalue weighted by Gasteiger charge is 2.52. The van der Waals surface area contributed by atoms with E-state index in [1.165, 1.54) is 0 Å². The Balaban J connectivity index is 1.19. The summed E-state index contributed by atoms with van der Waals surface area (Å²) in [7, 11) is 0. The first-order valence-electron chi connectivity index (χ1n) is 17.7. The molecule has 50 heavy (non-hydrogen) atoms. The normalized spacial score (nSPS) is 22.8. The van der Waals surface area contributed by atoms with Gasteiger partial charge in [-0.3, -0.25) is 19.1 Å². The number of fused-ring (bicyclic) bond motifs is 1. The zero-order valence-electron chi connectivity index (χ0n) is 28.6. The number of allylic oxidation sites excluding steroid dienone is 1. The number of hydrogen-bond donors (Lipinski definition) is 6. The molecule has 2 aromatic carbocycles. The number of aliphatic hydroxyl groups is 2. The van der Waals surface area contributed by atoms with Crippen LogP contribution in [0, 0.1) is 17.8 Å². The molecule has 3 amide bonds. The Morgan fingerprint density at radius 3 is 2.32 bits per heavy atom. The first kappa shape index (κ1) is 35.4. The van der Waals surface area contributed by atoms with E-state index in [9.17, 15) is 19.5 Å². The Kier molecular flexibility index (Phi) is 11.4. The van der Waals surface area contributed by atoms with E-state index in [1.54, 1.807) is 34.0 Å². The number of benzene rings is 2. The first-order chi connectivity index (χ1) is 24.3. The Bertz CT molecular complexity index is 1680. The highest BCUT2D eigenvalue weighted by atomic mass is 16.3. The number of carbonyl (C=O) groups excluding carboxylic acids is 3. The third kappa shape index (κ3) is 7.96. The van der Waals surface area contributed by atoms with Crippen LogP contribution < -0.4 is 26.2 Å². The molecule has 3 aliphatic heterocycles. The molecular formula is C37H48N8O5. The summed E-state index contributed by atoms with van der Waals surface area (Å²) in [6.07, 6.45) is 10.2. The summed E-state index contributed by atoms with van der Waals surface area (Å²) in [4.78, 5) is 41.7. The number of nitrogens with zero attached hydrogens (tertiary/aromatic N) is 4. The van der Waals surface area contributed by atoms with Crippen molar-refractivity contribution in [3.8, 4) is 0 Å². The van der Waals surface area contributed by atoms with Crippen molar-refractivity contribution in [1.29, 1.82) is 0 Å². The fraction of sp³-hybridized carbons (Fsp3) is 0.486. The number of piperidine rings is 2. The SMILES string of the molecule is C[C@H](/C=C/CCn1cc(CCO)nn1)[C@@]1(O)C(=O)N(Cc2ccc(NC(=O)C3CCCNC3)cc2)c2ccc(NC(=O)C3CCCNC3)cc21. The Hall–Kier alpha value is -4.43. The number of rotatable bonds is 13. The molecule has 2 unspecified atom stereocenters. The maximum Gasteiger partial charge on any atom is 0.264 e. The lowest BCUT2D eigenvalue weighted by Crippen LogP contribution is -2.44. The lowest BCUT2D eigenvalue weighted by atomic mass is 9.82. The molecule has 0 bridgehead atoms. The van der Waals surface area contributed by atoms with E-state index in [1.807, 2.05) is 43.3 Å². The molecule has 6 rings (SSSR count). The number of aromatic nitrogens is 3. The third-order valence-corrected chi connectivity index (χ3v) is 10.00. The standard InChI is InChI=1S/C37H48N8O5/c1-25(6-2-3-18-44-24-31(15-19-46)42-43-44)37(50)32-20-30(41-35(48)28-8-5-17-39-22-28)13-14-33(32)45(36(37)49)23-26-9-11-29(12-10-26)40-34(47)27-7-4-16-38-21-27/h2,6,9-14,20,24-25,27-28,38-39,46,50H,3-5,7-8,15-19,21-23H2,1H3,(H,40,47)(H,41,48)/b6-2+/t25-,27?,28?,37+/m1/s1. The smallest absolute Gasteiger partial charge is 0.264 e. The van der Waals surface area contributed by atoms with Gasteiger partial charge in [-0.25, -0.2) is 0 Å². The summed E-state index contributed by atoms with van der Waals surface area (Å²) in [5, 5.41) is 42.2. The van der Waals surface area contributed by atoms with Crippen molar-refractivity contribution >= 4 is 34.8 Å². The topological polar surface area (TPSA) is 174 Å². The van der Waals surface area contributed by atoms with E-state index in [0.717, 1.165) is 44.3 Å². The fourth-order valence-corrected chi connectivity index (χ4v) is 7.02. The molecule has 0 aliphatic carbocycles. The molecule has 3 aromatic rings. The summed E-state index contributed by atoms with van der Waals surface area (Å²) < 4.78 is 1.70. The zero-order valence-corrected chi connectivity index (χ0v) is 28.6. The predicted octanol–water partition coefficient (Wildman–Crippen LogP) is 2.71. The molecular weight excluding hydrogens is 636 g/mol. The van der Waals surface area contributed by atoms with Crippen molar-refractivity contribution in [2.75, 3.05) is 48.3 Å². The highest BCUT2D eigenvalue weighted by Crippen LogP contribution is 2.47. The van der Waals surface area contributed by atoms with Crippen molar-refractivity contribution in [1.82, 2.24) is 25.6 Å². The molecule has 13 nitrogen and oxygen atoms in total. The van der Waals surface area contributed by atoms with Gasteiger partial charge >= 0.3 is 0 Å². The molecule has 4 atom stereocenters. The van der Waals surface area contributed by atoms with Crippen LogP contribution in [-0.4, -0.2) is 75.7 Å². The van der Waals surface area contributed by atoms with E-state index >= 15 is 0 Å². The maximum atomic E-state index is 14.3. The molecule has 266 valence electrons.